The Hall–Kier alpha value is -1.16. The van der Waals surface area contributed by atoms with E-state index in [1.54, 1.807) is 0 Å². The van der Waals surface area contributed by atoms with Crippen LogP contribution in [0.25, 0.3) is 10.2 Å². The first-order valence-corrected chi connectivity index (χ1v) is 7.70. The van der Waals surface area contributed by atoms with Gasteiger partial charge in [-0.05, 0) is 38.2 Å². The van der Waals surface area contributed by atoms with Crippen LogP contribution in [0.2, 0.25) is 0 Å². The Kier molecular flexibility index (Phi) is 3.20. The molecule has 0 amide bonds. The van der Waals surface area contributed by atoms with Gasteiger partial charge in [0.1, 0.15) is 16.5 Å². The van der Waals surface area contributed by atoms with Gasteiger partial charge < -0.3 is 5.32 Å². The zero-order valence-electron chi connectivity index (χ0n) is 11.0. The maximum absolute atomic E-state index is 4.74. The van der Waals surface area contributed by atoms with E-state index in [2.05, 4.69) is 19.2 Å². The molecule has 3 nitrogen and oxygen atoms in total. The predicted molar refractivity (Wildman–Crippen MR) is 77.6 cm³/mol. The number of thiophene rings is 1. The third kappa shape index (κ3) is 1.88. The number of nitrogens with zero attached hydrogens (tertiary/aromatic N) is 2. The average molecular weight is 261 g/mol. The highest BCUT2D eigenvalue weighted by Crippen LogP contribution is 2.39. The molecule has 1 aliphatic rings. The minimum atomic E-state index is 0.919. The molecule has 1 aliphatic carbocycles. The summed E-state index contributed by atoms with van der Waals surface area (Å²) in [4.78, 5) is 12.2. The molecule has 0 unspecified atom stereocenters. The summed E-state index contributed by atoms with van der Waals surface area (Å²) in [6.45, 7) is 5.22. The SMILES string of the molecule is CCCc1nc(NCC)c2c3c(sc2n1)CCC3. The number of aromatic nitrogens is 2. The van der Waals surface area contributed by atoms with Crippen molar-refractivity contribution < 1.29 is 0 Å². The van der Waals surface area contributed by atoms with Gasteiger partial charge in [0, 0.05) is 17.8 Å². The first-order chi connectivity index (χ1) is 8.83. The fourth-order valence-electron chi connectivity index (χ4n) is 2.67. The van der Waals surface area contributed by atoms with Crippen molar-refractivity contribution in [3.8, 4) is 0 Å². The van der Waals surface area contributed by atoms with Gasteiger partial charge in [-0.25, -0.2) is 9.97 Å². The molecule has 0 aliphatic heterocycles. The van der Waals surface area contributed by atoms with Crippen molar-refractivity contribution >= 4 is 27.4 Å². The van der Waals surface area contributed by atoms with Crippen LogP contribution in [-0.2, 0) is 19.3 Å². The van der Waals surface area contributed by atoms with Gasteiger partial charge in [-0.15, -0.1) is 11.3 Å². The first-order valence-electron chi connectivity index (χ1n) is 6.88. The van der Waals surface area contributed by atoms with Crippen LogP contribution < -0.4 is 5.32 Å². The van der Waals surface area contributed by atoms with Crippen LogP contribution in [0.1, 0.15) is 43.0 Å². The van der Waals surface area contributed by atoms with E-state index in [9.17, 15) is 0 Å². The van der Waals surface area contributed by atoms with Crippen molar-refractivity contribution in [2.45, 2.75) is 46.0 Å². The Bertz CT molecular complexity index is 574. The van der Waals surface area contributed by atoms with Crippen LogP contribution in [0.3, 0.4) is 0 Å². The van der Waals surface area contributed by atoms with Crippen LogP contribution in [-0.4, -0.2) is 16.5 Å². The molecule has 0 bridgehead atoms. The van der Waals surface area contributed by atoms with E-state index in [-0.39, 0.29) is 0 Å². The molecule has 0 atom stereocenters. The Balaban J connectivity index is 2.18. The van der Waals surface area contributed by atoms with Crippen LogP contribution in [0, 0.1) is 0 Å². The summed E-state index contributed by atoms with van der Waals surface area (Å²) in [5, 5.41) is 4.72. The number of nitrogens with one attached hydrogen (secondary N) is 1. The summed E-state index contributed by atoms with van der Waals surface area (Å²) in [5.41, 5.74) is 1.51. The summed E-state index contributed by atoms with van der Waals surface area (Å²) in [6.07, 6.45) is 5.79. The van der Waals surface area contributed by atoms with Gasteiger partial charge in [0.25, 0.3) is 0 Å². The van der Waals surface area contributed by atoms with Crippen molar-refractivity contribution in [2.75, 3.05) is 11.9 Å². The quantitative estimate of drug-likeness (QED) is 0.914. The summed E-state index contributed by atoms with van der Waals surface area (Å²) in [5.74, 6) is 2.05. The standard InChI is InChI=1S/C14H19N3S/c1-3-6-11-16-13(15-4-2)12-9-7-5-8-10(9)18-14(12)17-11/h3-8H2,1-2H3,(H,15,16,17). The number of rotatable bonds is 4. The lowest BCUT2D eigenvalue weighted by Gasteiger charge is -2.07. The van der Waals surface area contributed by atoms with Crippen molar-refractivity contribution in [1.29, 1.82) is 0 Å². The van der Waals surface area contributed by atoms with Crippen molar-refractivity contribution in [1.82, 2.24) is 9.97 Å². The summed E-state index contributed by atoms with van der Waals surface area (Å²) in [6, 6.07) is 0. The van der Waals surface area contributed by atoms with Crippen LogP contribution in [0.4, 0.5) is 5.82 Å². The second-order valence-corrected chi connectivity index (χ2v) is 5.89. The van der Waals surface area contributed by atoms with Crippen molar-refractivity contribution in [3.63, 3.8) is 0 Å². The minimum absolute atomic E-state index is 0.919. The van der Waals surface area contributed by atoms with E-state index in [4.69, 9.17) is 9.97 Å². The highest BCUT2D eigenvalue weighted by Gasteiger charge is 2.21. The molecule has 1 N–H and O–H groups in total. The van der Waals surface area contributed by atoms with Crippen molar-refractivity contribution in [3.05, 3.63) is 16.3 Å². The van der Waals surface area contributed by atoms with Crippen LogP contribution in [0.15, 0.2) is 0 Å². The van der Waals surface area contributed by atoms with E-state index in [1.807, 2.05) is 11.3 Å². The van der Waals surface area contributed by atoms with E-state index in [1.165, 1.54) is 39.9 Å². The molecular weight excluding hydrogens is 242 g/mol. The molecule has 2 aromatic heterocycles. The smallest absolute Gasteiger partial charge is 0.138 e. The molecular formula is C14H19N3S. The van der Waals surface area contributed by atoms with Crippen LogP contribution in [0.5, 0.6) is 0 Å². The van der Waals surface area contributed by atoms with E-state index >= 15 is 0 Å². The highest BCUT2D eigenvalue weighted by atomic mass is 32.1. The highest BCUT2D eigenvalue weighted by molar-refractivity contribution is 7.19. The normalized spacial score (nSPS) is 14.1. The fraction of sp³-hybridized carbons (Fsp3) is 0.571. The molecule has 3 rings (SSSR count). The molecule has 0 saturated heterocycles. The second-order valence-electron chi connectivity index (χ2n) is 4.81. The summed E-state index contributed by atoms with van der Waals surface area (Å²) >= 11 is 1.88. The maximum atomic E-state index is 4.74. The van der Waals surface area contributed by atoms with Crippen molar-refractivity contribution in [2.24, 2.45) is 0 Å². The van der Waals surface area contributed by atoms with E-state index in [0.717, 1.165) is 31.0 Å². The van der Waals surface area contributed by atoms with Crippen LogP contribution >= 0.6 is 11.3 Å². The number of aryl methyl sites for hydroxylation is 3. The van der Waals surface area contributed by atoms with Gasteiger partial charge in [0.05, 0.1) is 5.39 Å². The molecule has 4 heteroatoms. The molecule has 0 radical (unpaired) electrons. The van der Waals surface area contributed by atoms with Gasteiger partial charge in [0.15, 0.2) is 0 Å². The van der Waals surface area contributed by atoms with Gasteiger partial charge in [-0.2, -0.15) is 0 Å². The van der Waals surface area contributed by atoms with Gasteiger partial charge in [-0.1, -0.05) is 6.92 Å². The van der Waals surface area contributed by atoms with E-state index in [0.29, 0.717) is 0 Å². The Morgan fingerprint density at radius 3 is 2.89 bits per heavy atom. The van der Waals surface area contributed by atoms with Gasteiger partial charge in [0.2, 0.25) is 0 Å². The van der Waals surface area contributed by atoms with Gasteiger partial charge in [-0.3, -0.25) is 0 Å². The van der Waals surface area contributed by atoms with E-state index < -0.39 is 0 Å². The third-order valence-corrected chi connectivity index (χ3v) is 4.61. The molecule has 0 saturated carbocycles. The third-order valence-electron chi connectivity index (χ3n) is 3.43. The lowest BCUT2D eigenvalue weighted by atomic mass is 10.2. The molecule has 0 spiro atoms. The molecule has 18 heavy (non-hydrogen) atoms. The summed E-state index contributed by atoms with van der Waals surface area (Å²) in [7, 11) is 0. The average Bonchev–Trinajstić information content (AvgIpc) is 2.89. The monoisotopic (exact) mass is 261 g/mol. The lowest BCUT2D eigenvalue weighted by molar-refractivity contribution is 0.845. The minimum Gasteiger partial charge on any atom is -0.370 e. The maximum Gasteiger partial charge on any atom is 0.138 e. The largest absolute Gasteiger partial charge is 0.370 e. The molecule has 96 valence electrons. The Morgan fingerprint density at radius 1 is 1.22 bits per heavy atom. The predicted octanol–water partition coefficient (Wildman–Crippen LogP) is 3.56. The number of fused-ring (bicyclic) bond motifs is 3. The number of hydrogen-bond donors (Lipinski definition) is 1. The molecule has 0 fully saturated rings. The topological polar surface area (TPSA) is 37.8 Å². The lowest BCUT2D eigenvalue weighted by Crippen LogP contribution is -2.04. The first kappa shape index (κ1) is 11.9. The van der Waals surface area contributed by atoms with Gasteiger partial charge >= 0.3 is 0 Å². The zero-order chi connectivity index (χ0) is 12.5. The number of anilines is 1. The molecule has 2 aromatic rings. The Morgan fingerprint density at radius 2 is 2.11 bits per heavy atom. The number of hydrogen-bond acceptors (Lipinski definition) is 4. The molecule has 0 aromatic carbocycles. The second kappa shape index (κ2) is 4.84. The molecule has 2 heterocycles. The fourth-order valence-corrected chi connectivity index (χ4v) is 3.95. The Labute approximate surface area is 112 Å². The summed E-state index contributed by atoms with van der Waals surface area (Å²) < 4.78 is 0. The zero-order valence-corrected chi connectivity index (χ0v) is 11.9.